The van der Waals surface area contributed by atoms with Crippen LogP contribution in [0, 0.1) is 11.3 Å². The fraction of sp³-hybridized carbons (Fsp3) is 0.667. The quantitative estimate of drug-likeness (QED) is 0.906. The van der Waals surface area contributed by atoms with Gasteiger partial charge in [0.05, 0.1) is 5.92 Å². The lowest BCUT2D eigenvalue weighted by atomic mass is 9.67. The van der Waals surface area contributed by atoms with Crippen molar-refractivity contribution in [3.8, 4) is 0 Å². The van der Waals surface area contributed by atoms with Crippen molar-refractivity contribution in [1.29, 1.82) is 0 Å². The minimum atomic E-state index is -0.0609. The average Bonchev–Trinajstić information content (AvgIpc) is 3.31. The number of nitrogens with one attached hydrogen (secondary N) is 1. The van der Waals surface area contributed by atoms with E-state index in [9.17, 15) is 9.59 Å². The van der Waals surface area contributed by atoms with Crippen LogP contribution < -0.4 is 5.32 Å². The van der Waals surface area contributed by atoms with Crippen LogP contribution in [0.25, 0.3) is 0 Å². The van der Waals surface area contributed by atoms with Gasteiger partial charge in [0.2, 0.25) is 5.91 Å². The Hall–Kier alpha value is -1.91. The summed E-state index contributed by atoms with van der Waals surface area (Å²) in [5.74, 6) is 0.159. The second-order valence-electron chi connectivity index (χ2n) is 8.39. The molecule has 5 heteroatoms. The van der Waals surface area contributed by atoms with Gasteiger partial charge in [0.1, 0.15) is 0 Å². The molecule has 0 radical (unpaired) electrons. The maximum atomic E-state index is 13.1. The molecule has 2 aliphatic carbocycles. The Morgan fingerprint density at radius 3 is 2.42 bits per heavy atom. The van der Waals surface area contributed by atoms with E-state index in [0.29, 0.717) is 18.2 Å². The van der Waals surface area contributed by atoms with Gasteiger partial charge in [-0.3, -0.25) is 14.6 Å². The van der Waals surface area contributed by atoms with Gasteiger partial charge in [0.15, 0.2) is 0 Å². The van der Waals surface area contributed by atoms with Gasteiger partial charge in [0.25, 0.3) is 5.91 Å². The molecule has 1 unspecified atom stereocenters. The standard InChI is InChI=1S/C21H29N3O2/c25-19(23-17-6-2-3-7-17)18-14-24(15-21(18)10-4-1-5-11-21)20(26)16-8-12-22-13-9-16/h8-9,12-13,17-18H,1-7,10-11,14-15H2,(H,23,25). The molecule has 2 saturated carbocycles. The van der Waals surface area contributed by atoms with Crippen LogP contribution in [0.4, 0.5) is 0 Å². The van der Waals surface area contributed by atoms with Gasteiger partial charge in [-0.1, -0.05) is 32.1 Å². The Labute approximate surface area is 155 Å². The largest absolute Gasteiger partial charge is 0.353 e. The van der Waals surface area contributed by atoms with E-state index in [0.717, 1.165) is 32.2 Å². The number of aromatic nitrogens is 1. The molecule has 140 valence electrons. The first-order chi connectivity index (χ1) is 12.7. The highest BCUT2D eigenvalue weighted by Crippen LogP contribution is 2.48. The first-order valence-corrected chi connectivity index (χ1v) is 10.2. The molecule has 1 atom stereocenters. The molecule has 2 amide bonds. The topological polar surface area (TPSA) is 62.3 Å². The highest BCUT2D eigenvalue weighted by Gasteiger charge is 2.51. The van der Waals surface area contributed by atoms with Crippen molar-refractivity contribution < 1.29 is 9.59 Å². The lowest BCUT2D eigenvalue weighted by Crippen LogP contribution is -2.45. The number of rotatable bonds is 3. The van der Waals surface area contributed by atoms with Crippen LogP contribution in [-0.4, -0.2) is 40.8 Å². The first kappa shape index (κ1) is 17.5. The Balaban J connectivity index is 1.52. The summed E-state index contributed by atoms with van der Waals surface area (Å²) in [6.45, 7) is 1.27. The second-order valence-corrected chi connectivity index (χ2v) is 8.39. The number of hydrogen-bond donors (Lipinski definition) is 1. The van der Waals surface area contributed by atoms with Crippen LogP contribution in [0.2, 0.25) is 0 Å². The van der Waals surface area contributed by atoms with Gasteiger partial charge in [-0.15, -0.1) is 0 Å². The van der Waals surface area contributed by atoms with Gasteiger partial charge >= 0.3 is 0 Å². The molecule has 5 nitrogen and oxygen atoms in total. The van der Waals surface area contributed by atoms with Crippen LogP contribution in [0.1, 0.15) is 68.1 Å². The molecule has 4 rings (SSSR count). The predicted molar refractivity (Wildman–Crippen MR) is 99.5 cm³/mol. The van der Waals surface area contributed by atoms with Crippen LogP contribution in [0.3, 0.4) is 0 Å². The summed E-state index contributed by atoms with van der Waals surface area (Å²) < 4.78 is 0. The molecule has 3 fully saturated rings. The third-order valence-electron chi connectivity index (χ3n) is 6.73. The summed E-state index contributed by atoms with van der Waals surface area (Å²) in [5.41, 5.74) is 0.645. The SMILES string of the molecule is O=C(NC1CCCC1)C1CN(C(=O)c2ccncc2)CC12CCCCC2. The minimum absolute atomic E-state index is 0.0242. The molecule has 2 heterocycles. The fourth-order valence-electron chi connectivity index (χ4n) is 5.30. The number of nitrogens with zero attached hydrogens (tertiary/aromatic N) is 2. The van der Waals surface area contributed by atoms with Crippen molar-refractivity contribution in [3.63, 3.8) is 0 Å². The van der Waals surface area contributed by atoms with Crippen molar-refractivity contribution in [2.45, 2.75) is 63.8 Å². The summed E-state index contributed by atoms with van der Waals surface area (Å²) in [6.07, 6.45) is 13.7. The van der Waals surface area contributed by atoms with Crippen molar-refractivity contribution >= 4 is 11.8 Å². The van der Waals surface area contributed by atoms with E-state index in [-0.39, 0.29) is 23.1 Å². The third kappa shape index (κ3) is 3.36. The van der Waals surface area contributed by atoms with Crippen molar-refractivity contribution in [1.82, 2.24) is 15.2 Å². The number of amides is 2. The molecule has 0 bridgehead atoms. The summed E-state index contributed by atoms with van der Waals surface area (Å²) in [6, 6.07) is 3.87. The summed E-state index contributed by atoms with van der Waals surface area (Å²) in [4.78, 5) is 32.0. The predicted octanol–water partition coefficient (Wildman–Crippen LogP) is 3.16. The smallest absolute Gasteiger partial charge is 0.254 e. The van der Waals surface area contributed by atoms with Gasteiger partial charge in [-0.05, 0) is 37.8 Å². The molecule has 1 saturated heterocycles. The zero-order valence-electron chi connectivity index (χ0n) is 15.5. The average molecular weight is 355 g/mol. The molecule has 1 N–H and O–H groups in total. The Kier molecular flexibility index (Phi) is 4.96. The van der Waals surface area contributed by atoms with Crippen LogP contribution in [0.5, 0.6) is 0 Å². The number of pyridine rings is 1. The van der Waals surface area contributed by atoms with Crippen LogP contribution in [-0.2, 0) is 4.79 Å². The van der Waals surface area contributed by atoms with E-state index in [1.165, 1.54) is 32.1 Å². The van der Waals surface area contributed by atoms with E-state index >= 15 is 0 Å². The lowest BCUT2D eigenvalue weighted by Gasteiger charge is -2.37. The molecule has 0 aromatic carbocycles. The van der Waals surface area contributed by atoms with Gasteiger partial charge in [0, 0.05) is 42.5 Å². The zero-order valence-corrected chi connectivity index (χ0v) is 15.5. The minimum Gasteiger partial charge on any atom is -0.353 e. The highest BCUT2D eigenvalue weighted by atomic mass is 16.2. The zero-order chi connectivity index (χ0) is 18.0. The second kappa shape index (κ2) is 7.37. The normalized spacial score (nSPS) is 25.5. The van der Waals surface area contributed by atoms with Crippen molar-refractivity contribution in [2.75, 3.05) is 13.1 Å². The fourth-order valence-corrected chi connectivity index (χ4v) is 5.30. The number of hydrogen-bond acceptors (Lipinski definition) is 3. The van der Waals surface area contributed by atoms with Crippen LogP contribution >= 0.6 is 0 Å². The molecule has 1 aromatic rings. The van der Waals surface area contributed by atoms with E-state index in [1.54, 1.807) is 24.5 Å². The molecule has 1 aromatic heterocycles. The summed E-state index contributed by atoms with van der Waals surface area (Å²) >= 11 is 0. The van der Waals surface area contributed by atoms with E-state index in [1.807, 2.05) is 4.90 Å². The number of carbonyl (C=O) groups is 2. The number of likely N-dealkylation sites (tertiary alicyclic amines) is 1. The molecule has 26 heavy (non-hydrogen) atoms. The van der Waals surface area contributed by atoms with Gasteiger partial charge in [-0.25, -0.2) is 0 Å². The Bertz CT molecular complexity index is 648. The summed E-state index contributed by atoms with van der Waals surface area (Å²) in [5, 5.41) is 3.30. The lowest BCUT2D eigenvalue weighted by molar-refractivity contribution is -0.129. The highest BCUT2D eigenvalue weighted by molar-refractivity contribution is 5.95. The number of carbonyl (C=O) groups excluding carboxylic acids is 2. The maximum Gasteiger partial charge on any atom is 0.254 e. The van der Waals surface area contributed by atoms with Gasteiger partial charge in [-0.2, -0.15) is 0 Å². The molecule has 1 aliphatic heterocycles. The Morgan fingerprint density at radius 2 is 1.73 bits per heavy atom. The van der Waals surface area contributed by atoms with E-state index in [4.69, 9.17) is 0 Å². The van der Waals surface area contributed by atoms with Crippen molar-refractivity contribution in [2.24, 2.45) is 11.3 Å². The van der Waals surface area contributed by atoms with Gasteiger partial charge < -0.3 is 10.2 Å². The first-order valence-electron chi connectivity index (χ1n) is 10.2. The molecule has 3 aliphatic rings. The van der Waals surface area contributed by atoms with E-state index < -0.39 is 0 Å². The third-order valence-corrected chi connectivity index (χ3v) is 6.73. The summed E-state index contributed by atoms with van der Waals surface area (Å²) in [7, 11) is 0. The molecule has 1 spiro atoms. The molecular formula is C21H29N3O2. The maximum absolute atomic E-state index is 13.1. The molecular weight excluding hydrogens is 326 g/mol. The van der Waals surface area contributed by atoms with Crippen molar-refractivity contribution in [3.05, 3.63) is 30.1 Å². The Morgan fingerprint density at radius 1 is 1.04 bits per heavy atom. The van der Waals surface area contributed by atoms with Crippen LogP contribution in [0.15, 0.2) is 24.5 Å². The monoisotopic (exact) mass is 355 g/mol. The van der Waals surface area contributed by atoms with E-state index in [2.05, 4.69) is 10.3 Å².